The molecule has 0 saturated carbocycles. The normalized spacial score (nSPS) is 13.2. The maximum atomic E-state index is 13.3. The van der Waals surface area contributed by atoms with E-state index in [0.717, 1.165) is 0 Å². The molecule has 0 bridgehead atoms. The van der Waals surface area contributed by atoms with Crippen molar-refractivity contribution in [1.29, 1.82) is 0 Å². The lowest BCUT2D eigenvalue weighted by molar-refractivity contribution is -0.134. The molecule has 2 aromatic heterocycles. The van der Waals surface area contributed by atoms with E-state index in [9.17, 15) is 9.18 Å². The van der Waals surface area contributed by atoms with E-state index in [0.29, 0.717) is 11.4 Å². The number of amides is 1. The van der Waals surface area contributed by atoms with Crippen molar-refractivity contribution >= 4 is 5.91 Å². The third kappa shape index (κ3) is 3.52. The van der Waals surface area contributed by atoms with Crippen molar-refractivity contribution < 1.29 is 9.18 Å². The molecule has 3 rings (SSSR count). The first-order valence-corrected chi connectivity index (χ1v) is 7.71. The minimum absolute atomic E-state index is 0.188. The van der Waals surface area contributed by atoms with Gasteiger partial charge in [-0.05, 0) is 30.7 Å². The summed E-state index contributed by atoms with van der Waals surface area (Å²) in [4.78, 5) is 26.9. The first kappa shape index (κ1) is 16.7. The van der Waals surface area contributed by atoms with Gasteiger partial charge in [-0.2, -0.15) is 5.10 Å². The number of rotatable bonds is 5. The van der Waals surface area contributed by atoms with Gasteiger partial charge in [-0.15, -0.1) is 0 Å². The predicted octanol–water partition coefficient (Wildman–Crippen LogP) is 2.02. The number of carbonyl (C=O) groups excluding carboxylic acids is 1. The van der Waals surface area contributed by atoms with Crippen LogP contribution in [0.5, 0.6) is 0 Å². The SMILES string of the molecule is C[C@H](C(=O)N(C)[C@H](c1ccc(F)cc1)c1ncccn1)n1cncn1. The van der Waals surface area contributed by atoms with Crippen molar-refractivity contribution in [1.82, 2.24) is 29.6 Å². The van der Waals surface area contributed by atoms with Crippen molar-refractivity contribution in [3.8, 4) is 0 Å². The summed E-state index contributed by atoms with van der Waals surface area (Å²) in [6, 6.07) is 6.57. The molecule has 1 aromatic carbocycles. The molecule has 0 radical (unpaired) electrons. The molecule has 8 heteroatoms. The summed E-state index contributed by atoms with van der Waals surface area (Å²) in [6.07, 6.45) is 6.08. The molecule has 0 unspecified atom stereocenters. The molecule has 0 spiro atoms. The van der Waals surface area contributed by atoms with E-state index in [1.807, 2.05) is 0 Å². The van der Waals surface area contributed by atoms with Crippen LogP contribution in [0.1, 0.15) is 30.4 Å². The Hall–Kier alpha value is -3.16. The summed E-state index contributed by atoms with van der Waals surface area (Å²) in [7, 11) is 1.67. The topological polar surface area (TPSA) is 76.8 Å². The Kier molecular flexibility index (Phi) is 4.78. The number of hydrogen-bond acceptors (Lipinski definition) is 5. The van der Waals surface area contributed by atoms with Gasteiger partial charge in [-0.1, -0.05) is 12.1 Å². The number of nitrogens with zero attached hydrogens (tertiary/aromatic N) is 6. The fourth-order valence-electron chi connectivity index (χ4n) is 2.60. The molecule has 7 nitrogen and oxygen atoms in total. The van der Waals surface area contributed by atoms with E-state index in [4.69, 9.17) is 0 Å². The Bertz CT molecular complexity index is 822. The van der Waals surface area contributed by atoms with Gasteiger partial charge in [0.05, 0.1) is 0 Å². The van der Waals surface area contributed by atoms with E-state index in [1.54, 1.807) is 44.6 Å². The van der Waals surface area contributed by atoms with Gasteiger partial charge >= 0.3 is 0 Å². The van der Waals surface area contributed by atoms with Gasteiger partial charge in [0.1, 0.15) is 30.6 Å². The van der Waals surface area contributed by atoms with Crippen molar-refractivity contribution in [3.63, 3.8) is 0 Å². The van der Waals surface area contributed by atoms with Gasteiger partial charge < -0.3 is 4.90 Å². The van der Waals surface area contributed by atoms with E-state index in [-0.39, 0.29) is 11.7 Å². The molecule has 128 valence electrons. The molecular weight excluding hydrogens is 323 g/mol. The Morgan fingerprint density at radius 3 is 2.48 bits per heavy atom. The third-order valence-corrected chi connectivity index (χ3v) is 3.94. The van der Waals surface area contributed by atoms with Crippen molar-refractivity contribution in [2.24, 2.45) is 0 Å². The lowest BCUT2D eigenvalue weighted by atomic mass is 10.0. The van der Waals surface area contributed by atoms with Gasteiger partial charge in [-0.3, -0.25) is 4.79 Å². The Balaban J connectivity index is 1.96. The summed E-state index contributed by atoms with van der Waals surface area (Å²) in [6.45, 7) is 1.74. The zero-order valence-electron chi connectivity index (χ0n) is 13.8. The summed E-state index contributed by atoms with van der Waals surface area (Å²) < 4.78 is 14.8. The molecule has 0 saturated heterocycles. The molecule has 0 N–H and O–H groups in total. The van der Waals surface area contributed by atoms with Crippen molar-refractivity contribution in [2.45, 2.75) is 19.0 Å². The van der Waals surface area contributed by atoms with Crippen LogP contribution in [-0.4, -0.2) is 42.6 Å². The van der Waals surface area contributed by atoms with Crippen LogP contribution in [0.2, 0.25) is 0 Å². The minimum atomic E-state index is -0.542. The molecular formula is C17H17FN6O. The third-order valence-electron chi connectivity index (χ3n) is 3.94. The molecule has 1 amide bonds. The van der Waals surface area contributed by atoms with E-state index in [2.05, 4.69) is 20.1 Å². The molecule has 0 aliphatic rings. The fraction of sp³-hybridized carbons (Fsp3) is 0.235. The Morgan fingerprint density at radius 2 is 1.88 bits per heavy atom. The largest absolute Gasteiger partial charge is 0.330 e. The molecule has 25 heavy (non-hydrogen) atoms. The molecule has 3 aromatic rings. The second kappa shape index (κ2) is 7.16. The molecule has 2 atom stereocenters. The second-order valence-electron chi connectivity index (χ2n) is 5.56. The van der Waals surface area contributed by atoms with E-state index < -0.39 is 12.1 Å². The van der Waals surface area contributed by atoms with Crippen LogP contribution in [-0.2, 0) is 4.79 Å². The standard InChI is InChI=1S/C17H17FN6O/c1-12(24-11-19-10-22-24)17(25)23(2)15(16-20-8-3-9-21-16)13-4-6-14(18)7-5-13/h3-12,15H,1-2H3/t12-,15-/m1/s1. The highest BCUT2D eigenvalue weighted by Crippen LogP contribution is 2.27. The average Bonchev–Trinajstić information content (AvgIpc) is 3.18. The zero-order valence-corrected chi connectivity index (χ0v) is 13.8. The zero-order chi connectivity index (χ0) is 17.8. The Morgan fingerprint density at radius 1 is 1.20 bits per heavy atom. The number of aromatic nitrogens is 5. The Labute approximate surface area is 144 Å². The van der Waals surface area contributed by atoms with Gasteiger partial charge in [0.25, 0.3) is 0 Å². The lowest BCUT2D eigenvalue weighted by Crippen LogP contribution is -2.37. The van der Waals surface area contributed by atoms with Crippen LogP contribution >= 0.6 is 0 Å². The van der Waals surface area contributed by atoms with E-state index >= 15 is 0 Å². The second-order valence-corrected chi connectivity index (χ2v) is 5.56. The van der Waals surface area contributed by atoms with Crippen LogP contribution in [0.15, 0.2) is 55.4 Å². The number of carbonyl (C=O) groups is 1. The maximum Gasteiger partial charge on any atom is 0.247 e. The molecule has 0 fully saturated rings. The van der Waals surface area contributed by atoms with Gasteiger partial charge in [-0.25, -0.2) is 24.0 Å². The average molecular weight is 340 g/mol. The number of halogens is 1. The van der Waals surface area contributed by atoms with Crippen LogP contribution in [0, 0.1) is 5.82 Å². The van der Waals surface area contributed by atoms with Gasteiger partial charge in [0, 0.05) is 19.4 Å². The summed E-state index contributed by atoms with van der Waals surface area (Å²) in [5, 5.41) is 4.01. The van der Waals surface area contributed by atoms with Crippen LogP contribution < -0.4 is 0 Å². The summed E-state index contributed by atoms with van der Waals surface area (Å²) in [5.41, 5.74) is 0.717. The quantitative estimate of drug-likeness (QED) is 0.710. The minimum Gasteiger partial charge on any atom is -0.330 e. The highest BCUT2D eigenvalue weighted by molar-refractivity contribution is 5.80. The number of benzene rings is 1. The summed E-state index contributed by atoms with van der Waals surface area (Å²) >= 11 is 0. The fourth-order valence-corrected chi connectivity index (χ4v) is 2.60. The smallest absolute Gasteiger partial charge is 0.247 e. The van der Waals surface area contributed by atoms with Crippen molar-refractivity contribution in [3.05, 3.63) is 72.6 Å². The highest BCUT2D eigenvalue weighted by Gasteiger charge is 2.29. The van der Waals surface area contributed by atoms with Crippen LogP contribution in [0.25, 0.3) is 0 Å². The monoisotopic (exact) mass is 340 g/mol. The molecule has 0 aliphatic heterocycles. The van der Waals surface area contributed by atoms with Crippen LogP contribution in [0.4, 0.5) is 4.39 Å². The highest BCUT2D eigenvalue weighted by atomic mass is 19.1. The molecule has 0 aliphatic carbocycles. The lowest BCUT2D eigenvalue weighted by Gasteiger charge is -2.29. The maximum absolute atomic E-state index is 13.3. The predicted molar refractivity (Wildman–Crippen MR) is 87.8 cm³/mol. The first-order valence-electron chi connectivity index (χ1n) is 7.71. The van der Waals surface area contributed by atoms with Gasteiger partial charge in [0.2, 0.25) is 5.91 Å². The number of hydrogen-bond donors (Lipinski definition) is 0. The van der Waals surface area contributed by atoms with Crippen molar-refractivity contribution in [2.75, 3.05) is 7.05 Å². The van der Waals surface area contributed by atoms with Gasteiger partial charge in [0.15, 0.2) is 5.82 Å². The van der Waals surface area contributed by atoms with E-state index in [1.165, 1.54) is 34.4 Å². The number of likely N-dealkylation sites (N-methyl/N-ethyl adjacent to an activating group) is 1. The van der Waals surface area contributed by atoms with Crippen LogP contribution in [0.3, 0.4) is 0 Å². The summed E-state index contributed by atoms with van der Waals surface area (Å²) in [5.74, 6) is -0.0792. The first-order chi connectivity index (χ1) is 12.1. The molecule has 2 heterocycles.